The minimum Gasteiger partial charge on any atom is -0.462 e. The Hall–Kier alpha value is -2.89. The van der Waals surface area contributed by atoms with E-state index in [0.717, 1.165) is 103 Å². The van der Waals surface area contributed by atoms with Gasteiger partial charge in [-0.15, -0.1) is 0 Å². The first kappa shape index (κ1) is 77.1. The maximum Gasteiger partial charge on any atom is 0.306 e. The van der Waals surface area contributed by atoms with E-state index in [2.05, 4.69) is 81.5 Å². The monoisotopic (exact) mass is 1120 g/mol. The van der Waals surface area contributed by atoms with Crippen LogP contribution in [-0.4, -0.2) is 37.2 Å². The predicted molar refractivity (Wildman–Crippen MR) is 348 cm³/mol. The van der Waals surface area contributed by atoms with Gasteiger partial charge in [0.2, 0.25) is 0 Å². The fourth-order valence-electron chi connectivity index (χ4n) is 10.4. The molecule has 0 aliphatic rings. The van der Waals surface area contributed by atoms with E-state index in [-0.39, 0.29) is 31.1 Å². The molecule has 6 heteroatoms. The molecule has 466 valence electrons. The smallest absolute Gasteiger partial charge is 0.306 e. The molecule has 0 radical (unpaired) electrons. The van der Waals surface area contributed by atoms with E-state index < -0.39 is 6.10 Å². The van der Waals surface area contributed by atoms with Crippen molar-refractivity contribution in [1.29, 1.82) is 0 Å². The molecule has 80 heavy (non-hydrogen) atoms. The lowest BCUT2D eigenvalue weighted by Crippen LogP contribution is -2.30. The lowest BCUT2D eigenvalue weighted by atomic mass is 10.0. The highest BCUT2D eigenvalue weighted by molar-refractivity contribution is 5.71. The molecule has 0 bridgehead atoms. The number of esters is 3. The lowest BCUT2D eigenvalue weighted by Gasteiger charge is -2.18. The standard InChI is InChI=1S/C74H134O6/c1-4-7-10-13-16-19-22-25-27-28-29-30-31-32-33-34-35-36-37-38-39-40-41-42-43-44-45-46-47-50-52-55-58-61-64-67-73(76)79-70-71(69-78-72(75)66-63-60-57-54-51-48-24-21-18-15-12-9-6-3)80-74(77)68-65-62-59-56-53-49-26-23-20-17-14-11-8-5-2/h12,15,21-26,28-29,71H,4-11,13-14,16-20,27,30-70H2,1-3H3/b15-12-,24-21-,25-22-,26-23-,29-28-. The van der Waals surface area contributed by atoms with Gasteiger partial charge in [-0.1, -0.05) is 313 Å². The van der Waals surface area contributed by atoms with Gasteiger partial charge in [0.1, 0.15) is 13.2 Å². The highest BCUT2D eigenvalue weighted by Crippen LogP contribution is 2.18. The maximum atomic E-state index is 12.9. The van der Waals surface area contributed by atoms with E-state index in [1.807, 2.05) is 0 Å². The van der Waals surface area contributed by atoms with Crippen molar-refractivity contribution in [2.75, 3.05) is 13.2 Å². The van der Waals surface area contributed by atoms with Gasteiger partial charge in [0, 0.05) is 19.3 Å². The third kappa shape index (κ3) is 65.9. The summed E-state index contributed by atoms with van der Waals surface area (Å²) in [5, 5.41) is 0. The Kier molecular flexibility index (Phi) is 66.1. The lowest BCUT2D eigenvalue weighted by molar-refractivity contribution is -0.167. The molecule has 0 N–H and O–H groups in total. The summed E-state index contributed by atoms with van der Waals surface area (Å²) in [7, 11) is 0. The van der Waals surface area contributed by atoms with Crippen LogP contribution in [0.15, 0.2) is 60.8 Å². The normalized spacial score (nSPS) is 12.4. The molecule has 0 saturated carbocycles. The molecule has 0 aromatic heterocycles. The van der Waals surface area contributed by atoms with Crippen molar-refractivity contribution in [2.45, 2.75) is 380 Å². The molecule has 0 aromatic carbocycles. The van der Waals surface area contributed by atoms with E-state index in [0.29, 0.717) is 19.3 Å². The largest absolute Gasteiger partial charge is 0.462 e. The van der Waals surface area contributed by atoms with Crippen molar-refractivity contribution in [3.63, 3.8) is 0 Å². The van der Waals surface area contributed by atoms with Gasteiger partial charge >= 0.3 is 17.9 Å². The summed E-state index contributed by atoms with van der Waals surface area (Å²) in [6.07, 6.45) is 88.4. The Morgan fingerprint density at radius 1 is 0.250 bits per heavy atom. The van der Waals surface area contributed by atoms with Crippen LogP contribution in [0.5, 0.6) is 0 Å². The Morgan fingerprint density at radius 2 is 0.475 bits per heavy atom. The topological polar surface area (TPSA) is 78.9 Å². The van der Waals surface area contributed by atoms with Crippen LogP contribution >= 0.6 is 0 Å². The van der Waals surface area contributed by atoms with Crippen LogP contribution in [0.1, 0.15) is 374 Å². The Labute approximate surface area is 498 Å². The fraction of sp³-hybridized carbons (Fsp3) is 0.824. The molecule has 0 aromatic rings. The minimum atomic E-state index is -0.783. The van der Waals surface area contributed by atoms with E-state index in [1.165, 1.54) is 231 Å². The first-order valence-corrected chi connectivity index (χ1v) is 35.3. The van der Waals surface area contributed by atoms with Gasteiger partial charge in [0.15, 0.2) is 6.10 Å². The zero-order valence-electron chi connectivity index (χ0n) is 53.6. The number of allylic oxidation sites excluding steroid dienone is 10. The molecule has 6 nitrogen and oxygen atoms in total. The van der Waals surface area contributed by atoms with E-state index in [4.69, 9.17) is 14.2 Å². The number of ether oxygens (including phenoxy) is 3. The number of rotatable bonds is 65. The first-order valence-electron chi connectivity index (χ1n) is 35.3. The molecular weight excluding hydrogens is 985 g/mol. The molecule has 0 saturated heterocycles. The quantitative estimate of drug-likeness (QED) is 0.0261. The van der Waals surface area contributed by atoms with Gasteiger partial charge in [-0.2, -0.15) is 0 Å². The maximum absolute atomic E-state index is 12.9. The highest BCUT2D eigenvalue weighted by atomic mass is 16.6. The number of unbranched alkanes of at least 4 members (excludes halogenated alkanes) is 44. The Morgan fingerprint density at radius 3 is 0.750 bits per heavy atom. The molecule has 0 rings (SSSR count). The molecule has 0 amide bonds. The van der Waals surface area contributed by atoms with Crippen LogP contribution in [0.2, 0.25) is 0 Å². The molecule has 0 fully saturated rings. The first-order chi connectivity index (χ1) is 39.5. The van der Waals surface area contributed by atoms with E-state index in [9.17, 15) is 14.4 Å². The van der Waals surface area contributed by atoms with E-state index >= 15 is 0 Å². The molecule has 1 unspecified atom stereocenters. The molecule has 0 heterocycles. The van der Waals surface area contributed by atoms with Crippen molar-refractivity contribution in [3.8, 4) is 0 Å². The van der Waals surface area contributed by atoms with Crippen molar-refractivity contribution in [1.82, 2.24) is 0 Å². The van der Waals surface area contributed by atoms with Crippen LogP contribution in [-0.2, 0) is 28.6 Å². The SMILES string of the molecule is CCC/C=C\C/C=C\CCCCCCCC(=O)OCC(COC(=O)CCCCCCCCCCCCCCCCCCCCCCCCC/C=C\C/C=C\CCCCCCC)OC(=O)CCCCCCC/C=C\CCCCCCC. The van der Waals surface area contributed by atoms with Crippen LogP contribution < -0.4 is 0 Å². The zero-order chi connectivity index (χ0) is 57.8. The fourth-order valence-corrected chi connectivity index (χ4v) is 10.4. The second kappa shape index (κ2) is 68.6. The van der Waals surface area contributed by atoms with Crippen molar-refractivity contribution < 1.29 is 28.6 Å². The molecular formula is C74H134O6. The van der Waals surface area contributed by atoms with Gasteiger partial charge in [-0.25, -0.2) is 0 Å². The predicted octanol–water partition coefficient (Wildman–Crippen LogP) is 24.3. The number of carbonyl (C=O) groups excluding carboxylic acids is 3. The van der Waals surface area contributed by atoms with Gasteiger partial charge < -0.3 is 14.2 Å². The molecule has 0 aliphatic heterocycles. The summed E-state index contributed by atoms with van der Waals surface area (Å²) in [5.74, 6) is -0.883. The second-order valence-corrected chi connectivity index (χ2v) is 23.8. The van der Waals surface area contributed by atoms with Crippen LogP contribution in [0, 0.1) is 0 Å². The number of carbonyl (C=O) groups is 3. The van der Waals surface area contributed by atoms with Crippen LogP contribution in [0.25, 0.3) is 0 Å². The summed E-state index contributed by atoms with van der Waals surface area (Å²) in [5.41, 5.74) is 0. The third-order valence-electron chi connectivity index (χ3n) is 15.7. The molecule has 0 aliphatic carbocycles. The highest BCUT2D eigenvalue weighted by Gasteiger charge is 2.19. The van der Waals surface area contributed by atoms with Crippen molar-refractivity contribution in [2.24, 2.45) is 0 Å². The van der Waals surface area contributed by atoms with Crippen LogP contribution in [0.3, 0.4) is 0 Å². The summed E-state index contributed by atoms with van der Waals surface area (Å²) >= 11 is 0. The van der Waals surface area contributed by atoms with Gasteiger partial charge in [0.05, 0.1) is 0 Å². The summed E-state index contributed by atoms with van der Waals surface area (Å²) in [6, 6.07) is 0. The summed E-state index contributed by atoms with van der Waals surface area (Å²) in [6.45, 7) is 6.58. The molecule has 1 atom stereocenters. The third-order valence-corrected chi connectivity index (χ3v) is 15.7. The summed E-state index contributed by atoms with van der Waals surface area (Å²) in [4.78, 5) is 38.3. The number of hydrogen-bond acceptors (Lipinski definition) is 6. The molecule has 0 spiro atoms. The minimum absolute atomic E-state index is 0.0782. The average Bonchev–Trinajstić information content (AvgIpc) is 3.46. The van der Waals surface area contributed by atoms with Crippen molar-refractivity contribution >= 4 is 17.9 Å². The van der Waals surface area contributed by atoms with E-state index in [1.54, 1.807) is 0 Å². The van der Waals surface area contributed by atoms with Crippen LogP contribution in [0.4, 0.5) is 0 Å². The number of hydrogen-bond donors (Lipinski definition) is 0. The van der Waals surface area contributed by atoms with Gasteiger partial charge in [-0.05, 0) is 103 Å². The van der Waals surface area contributed by atoms with Gasteiger partial charge in [-0.3, -0.25) is 14.4 Å². The van der Waals surface area contributed by atoms with Crippen molar-refractivity contribution in [3.05, 3.63) is 60.8 Å². The summed E-state index contributed by atoms with van der Waals surface area (Å²) < 4.78 is 16.9. The average molecular weight is 1120 g/mol. The Bertz CT molecular complexity index is 1430. The Balaban J connectivity index is 4.05. The van der Waals surface area contributed by atoms with Gasteiger partial charge in [0.25, 0.3) is 0 Å². The zero-order valence-corrected chi connectivity index (χ0v) is 53.6. The second-order valence-electron chi connectivity index (χ2n) is 23.8.